The van der Waals surface area contributed by atoms with E-state index in [-0.39, 0.29) is 17.9 Å². The second-order valence-corrected chi connectivity index (χ2v) is 5.79. The maximum Gasteiger partial charge on any atom is 0.223 e. The Hall–Kier alpha value is -1.06. The molecule has 0 bridgehead atoms. The van der Waals surface area contributed by atoms with Crippen LogP contribution in [-0.4, -0.2) is 18.5 Å². The number of benzene rings is 1. The van der Waals surface area contributed by atoms with Gasteiger partial charge in [-0.15, -0.1) is 0 Å². The number of carbonyl (C=O) groups is 1. The summed E-state index contributed by atoms with van der Waals surface area (Å²) >= 11 is 5.87. The number of amides is 1. The molecule has 3 atom stereocenters. The average Bonchev–Trinajstić information content (AvgIpc) is 2.39. The van der Waals surface area contributed by atoms with E-state index in [4.69, 9.17) is 11.6 Å². The summed E-state index contributed by atoms with van der Waals surface area (Å²) < 4.78 is 0. The second kappa shape index (κ2) is 6.40. The molecule has 1 aliphatic heterocycles. The zero-order chi connectivity index (χ0) is 13.8. The van der Waals surface area contributed by atoms with Crippen molar-refractivity contribution >= 4 is 17.5 Å². The molecule has 0 radical (unpaired) electrons. The summed E-state index contributed by atoms with van der Waals surface area (Å²) in [5.74, 6) is 0.293. The van der Waals surface area contributed by atoms with Gasteiger partial charge in [0.2, 0.25) is 5.91 Å². The number of rotatable bonds is 3. The Morgan fingerprint density at radius 1 is 1.42 bits per heavy atom. The number of hydrogen-bond acceptors (Lipinski definition) is 2. The van der Waals surface area contributed by atoms with Gasteiger partial charge in [-0.3, -0.25) is 4.79 Å². The standard InChI is InChI=1S/C15H21ClN2O/c1-10-9-13(7-8-17-10)15(19)18-11(2)12-3-5-14(16)6-4-12/h3-6,10-11,13,17H,7-9H2,1-2H3,(H,18,19)/t10-,11?,13-/m0/s1. The van der Waals surface area contributed by atoms with E-state index in [9.17, 15) is 4.79 Å². The van der Waals surface area contributed by atoms with E-state index in [0.29, 0.717) is 6.04 Å². The summed E-state index contributed by atoms with van der Waals surface area (Å²) in [6.07, 6.45) is 1.84. The van der Waals surface area contributed by atoms with Crippen LogP contribution < -0.4 is 10.6 Å². The predicted molar refractivity (Wildman–Crippen MR) is 78.2 cm³/mol. The largest absolute Gasteiger partial charge is 0.349 e. The van der Waals surface area contributed by atoms with E-state index < -0.39 is 0 Å². The Balaban J connectivity index is 1.92. The molecule has 0 aromatic heterocycles. The highest BCUT2D eigenvalue weighted by atomic mass is 35.5. The summed E-state index contributed by atoms with van der Waals surface area (Å²) in [4.78, 5) is 12.2. The third-order valence-corrected chi connectivity index (χ3v) is 3.98. The molecule has 1 aliphatic rings. The van der Waals surface area contributed by atoms with E-state index in [1.54, 1.807) is 0 Å². The van der Waals surface area contributed by atoms with Crippen molar-refractivity contribution in [1.29, 1.82) is 0 Å². The van der Waals surface area contributed by atoms with Gasteiger partial charge < -0.3 is 10.6 Å². The van der Waals surface area contributed by atoms with Gasteiger partial charge in [0.25, 0.3) is 0 Å². The number of carbonyl (C=O) groups excluding carboxylic acids is 1. The average molecular weight is 281 g/mol. The first-order valence-corrected chi connectivity index (χ1v) is 7.23. The molecule has 1 aromatic carbocycles. The molecular formula is C15H21ClN2O. The predicted octanol–water partition coefficient (Wildman–Crippen LogP) is 2.91. The molecule has 104 valence electrons. The molecule has 1 fully saturated rings. The SMILES string of the molecule is CC(NC(=O)[C@H]1CCN[C@@H](C)C1)c1ccc(Cl)cc1. The number of piperidine rings is 1. The molecule has 1 amide bonds. The van der Waals surface area contributed by atoms with Crippen molar-refractivity contribution in [2.75, 3.05) is 6.54 Å². The molecule has 1 heterocycles. The fraction of sp³-hybridized carbons (Fsp3) is 0.533. The summed E-state index contributed by atoms with van der Waals surface area (Å²) in [7, 11) is 0. The Bertz CT molecular complexity index is 432. The molecule has 19 heavy (non-hydrogen) atoms. The fourth-order valence-corrected chi connectivity index (χ4v) is 2.66. The number of halogens is 1. The van der Waals surface area contributed by atoms with Crippen molar-refractivity contribution in [2.45, 2.75) is 38.8 Å². The van der Waals surface area contributed by atoms with Crippen LogP contribution in [0.5, 0.6) is 0 Å². The zero-order valence-electron chi connectivity index (χ0n) is 11.4. The summed E-state index contributed by atoms with van der Waals surface area (Å²) in [5.41, 5.74) is 1.08. The molecule has 1 aromatic rings. The number of nitrogens with one attached hydrogen (secondary N) is 2. The van der Waals surface area contributed by atoms with Crippen LogP contribution in [0.2, 0.25) is 5.02 Å². The van der Waals surface area contributed by atoms with Crippen LogP contribution in [0.3, 0.4) is 0 Å². The first kappa shape index (κ1) is 14.4. The lowest BCUT2D eigenvalue weighted by molar-refractivity contribution is -0.126. The van der Waals surface area contributed by atoms with Crippen LogP contribution in [0, 0.1) is 5.92 Å². The van der Waals surface area contributed by atoms with E-state index in [2.05, 4.69) is 17.6 Å². The third-order valence-electron chi connectivity index (χ3n) is 3.72. The Labute approximate surface area is 119 Å². The van der Waals surface area contributed by atoms with Gasteiger partial charge in [-0.25, -0.2) is 0 Å². The van der Waals surface area contributed by atoms with Crippen molar-refractivity contribution in [1.82, 2.24) is 10.6 Å². The molecule has 2 N–H and O–H groups in total. The normalized spacial score (nSPS) is 24.8. The molecule has 0 saturated carbocycles. The molecule has 4 heteroatoms. The van der Waals surface area contributed by atoms with Crippen LogP contribution in [0.1, 0.15) is 38.3 Å². The number of hydrogen-bond donors (Lipinski definition) is 2. The van der Waals surface area contributed by atoms with Gasteiger partial charge in [-0.2, -0.15) is 0 Å². The van der Waals surface area contributed by atoms with E-state index in [0.717, 1.165) is 30.0 Å². The van der Waals surface area contributed by atoms with Crippen molar-refractivity contribution in [3.8, 4) is 0 Å². The highest BCUT2D eigenvalue weighted by Gasteiger charge is 2.25. The summed E-state index contributed by atoms with van der Waals surface area (Å²) in [6.45, 7) is 5.06. The third kappa shape index (κ3) is 3.95. The van der Waals surface area contributed by atoms with Gasteiger partial charge >= 0.3 is 0 Å². The lowest BCUT2D eigenvalue weighted by atomic mass is 9.92. The lowest BCUT2D eigenvalue weighted by Crippen LogP contribution is -2.42. The van der Waals surface area contributed by atoms with Crippen molar-refractivity contribution in [3.05, 3.63) is 34.9 Å². The minimum absolute atomic E-state index is 0.0231. The maximum atomic E-state index is 12.2. The van der Waals surface area contributed by atoms with Gasteiger partial charge in [0.1, 0.15) is 0 Å². The molecule has 1 saturated heterocycles. The van der Waals surface area contributed by atoms with Gasteiger partial charge in [0.05, 0.1) is 6.04 Å². The van der Waals surface area contributed by atoms with Gasteiger partial charge in [0.15, 0.2) is 0 Å². The Morgan fingerprint density at radius 2 is 2.11 bits per heavy atom. The van der Waals surface area contributed by atoms with E-state index in [1.807, 2.05) is 31.2 Å². The zero-order valence-corrected chi connectivity index (χ0v) is 12.2. The van der Waals surface area contributed by atoms with Crippen LogP contribution in [0.25, 0.3) is 0 Å². The summed E-state index contributed by atoms with van der Waals surface area (Å²) in [5, 5.41) is 7.18. The fourth-order valence-electron chi connectivity index (χ4n) is 2.54. The molecule has 2 rings (SSSR count). The molecule has 3 nitrogen and oxygen atoms in total. The molecule has 0 spiro atoms. The van der Waals surface area contributed by atoms with Gasteiger partial charge in [-0.05, 0) is 50.9 Å². The van der Waals surface area contributed by atoms with Gasteiger partial charge in [-0.1, -0.05) is 23.7 Å². The first-order valence-electron chi connectivity index (χ1n) is 6.85. The smallest absolute Gasteiger partial charge is 0.223 e. The van der Waals surface area contributed by atoms with Crippen LogP contribution in [0.15, 0.2) is 24.3 Å². The second-order valence-electron chi connectivity index (χ2n) is 5.36. The quantitative estimate of drug-likeness (QED) is 0.894. The molecule has 1 unspecified atom stereocenters. The highest BCUT2D eigenvalue weighted by molar-refractivity contribution is 6.30. The lowest BCUT2D eigenvalue weighted by Gasteiger charge is -2.28. The van der Waals surface area contributed by atoms with Crippen molar-refractivity contribution in [2.24, 2.45) is 5.92 Å². The minimum Gasteiger partial charge on any atom is -0.349 e. The maximum absolute atomic E-state index is 12.2. The van der Waals surface area contributed by atoms with E-state index >= 15 is 0 Å². The van der Waals surface area contributed by atoms with E-state index in [1.165, 1.54) is 0 Å². The monoisotopic (exact) mass is 280 g/mol. The topological polar surface area (TPSA) is 41.1 Å². The highest BCUT2D eigenvalue weighted by Crippen LogP contribution is 2.20. The van der Waals surface area contributed by atoms with Gasteiger partial charge in [0, 0.05) is 17.0 Å². The summed E-state index contributed by atoms with van der Waals surface area (Å²) in [6, 6.07) is 8.07. The Morgan fingerprint density at radius 3 is 2.74 bits per heavy atom. The van der Waals surface area contributed by atoms with Crippen molar-refractivity contribution < 1.29 is 4.79 Å². The minimum atomic E-state index is 0.0231. The van der Waals surface area contributed by atoms with Crippen LogP contribution in [-0.2, 0) is 4.79 Å². The van der Waals surface area contributed by atoms with Crippen LogP contribution in [0.4, 0.5) is 0 Å². The van der Waals surface area contributed by atoms with Crippen LogP contribution >= 0.6 is 11.6 Å². The molecule has 0 aliphatic carbocycles. The first-order chi connectivity index (χ1) is 9.06. The molecular weight excluding hydrogens is 260 g/mol. The Kier molecular flexibility index (Phi) is 4.83. The van der Waals surface area contributed by atoms with Crippen molar-refractivity contribution in [3.63, 3.8) is 0 Å².